The van der Waals surface area contributed by atoms with Gasteiger partial charge in [0.2, 0.25) is 5.91 Å². The largest absolute Gasteiger partial charge is 0.457 e. The quantitative estimate of drug-likeness (QED) is 0.535. The number of aromatic nitrogens is 1. The molecule has 6 nitrogen and oxygen atoms in total. The van der Waals surface area contributed by atoms with Gasteiger partial charge in [-0.15, -0.1) is 0 Å². The summed E-state index contributed by atoms with van der Waals surface area (Å²) < 4.78 is 6.16. The Balaban J connectivity index is 1.27. The van der Waals surface area contributed by atoms with Crippen LogP contribution in [0.25, 0.3) is 0 Å². The van der Waals surface area contributed by atoms with Crippen molar-refractivity contribution in [2.45, 2.75) is 45.4 Å². The molecule has 6 heteroatoms. The molecule has 0 bridgehead atoms. The molecule has 0 saturated heterocycles. The number of carbonyl (C=O) groups is 1. The van der Waals surface area contributed by atoms with E-state index in [-0.39, 0.29) is 17.2 Å². The van der Waals surface area contributed by atoms with E-state index in [4.69, 9.17) is 4.74 Å². The summed E-state index contributed by atoms with van der Waals surface area (Å²) in [6.07, 6.45) is 4.18. The predicted octanol–water partition coefficient (Wildman–Crippen LogP) is 5.26. The minimum atomic E-state index is -0.0602. The molecule has 0 fully saturated rings. The fraction of sp³-hybridized carbons (Fsp3) is 0.345. The zero-order valence-corrected chi connectivity index (χ0v) is 20.6. The lowest BCUT2D eigenvalue weighted by Crippen LogP contribution is -2.28. The summed E-state index contributed by atoms with van der Waals surface area (Å²) >= 11 is 0. The summed E-state index contributed by atoms with van der Waals surface area (Å²) in [4.78, 5) is 21.9. The number of amidine groups is 1. The van der Waals surface area contributed by atoms with Gasteiger partial charge < -0.3 is 15.4 Å². The average molecular weight is 469 g/mol. The fourth-order valence-corrected chi connectivity index (χ4v) is 4.64. The van der Waals surface area contributed by atoms with Crippen LogP contribution in [-0.4, -0.2) is 29.8 Å². The Labute approximate surface area is 206 Å². The second-order valence-corrected chi connectivity index (χ2v) is 10.3. The number of carbonyl (C=O) groups excluding carboxylic acids is 1. The molecule has 35 heavy (non-hydrogen) atoms. The van der Waals surface area contributed by atoms with E-state index < -0.39 is 0 Å². The van der Waals surface area contributed by atoms with Gasteiger partial charge in [0, 0.05) is 30.4 Å². The van der Waals surface area contributed by atoms with E-state index in [1.54, 1.807) is 6.20 Å². The molecule has 5 rings (SSSR count). The SMILES string of the molecule is CC(C)(C)c1cccc(NC(=O)[C@@H]2CCc3ccc(Oc4ccnc(C5=NCCN5)c4)cc3C2)c1. The van der Waals surface area contributed by atoms with Crippen LogP contribution in [0.2, 0.25) is 0 Å². The number of hydrogen-bond donors (Lipinski definition) is 2. The lowest BCUT2D eigenvalue weighted by atomic mass is 9.83. The number of pyridine rings is 1. The van der Waals surface area contributed by atoms with Gasteiger partial charge in [-0.25, -0.2) is 0 Å². The van der Waals surface area contributed by atoms with E-state index in [2.05, 4.69) is 65.6 Å². The van der Waals surface area contributed by atoms with Crippen LogP contribution in [0.4, 0.5) is 5.69 Å². The number of rotatable bonds is 5. The van der Waals surface area contributed by atoms with Gasteiger partial charge in [-0.3, -0.25) is 14.8 Å². The summed E-state index contributed by atoms with van der Waals surface area (Å²) in [7, 11) is 0. The van der Waals surface area contributed by atoms with Gasteiger partial charge in [0.1, 0.15) is 23.0 Å². The fourth-order valence-electron chi connectivity index (χ4n) is 4.64. The van der Waals surface area contributed by atoms with Crippen molar-refractivity contribution >= 4 is 17.4 Å². The van der Waals surface area contributed by atoms with Crippen molar-refractivity contribution in [2.75, 3.05) is 18.4 Å². The van der Waals surface area contributed by atoms with Gasteiger partial charge >= 0.3 is 0 Å². The monoisotopic (exact) mass is 468 g/mol. The summed E-state index contributed by atoms with van der Waals surface area (Å²) in [5.74, 6) is 2.31. The summed E-state index contributed by atoms with van der Waals surface area (Å²) in [6, 6.07) is 18.1. The molecule has 3 aromatic rings. The van der Waals surface area contributed by atoms with Crippen LogP contribution in [0, 0.1) is 5.92 Å². The van der Waals surface area contributed by atoms with Gasteiger partial charge in [-0.05, 0) is 71.7 Å². The number of nitrogens with one attached hydrogen (secondary N) is 2. The van der Waals surface area contributed by atoms with Crippen LogP contribution in [-0.2, 0) is 23.1 Å². The first kappa shape index (κ1) is 23.1. The van der Waals surface area contributed by atoms with Crippen molar-refractivity contribution in [1.29, 1.82) is 0 Å². The van der Waals surface area contributed by atoms with E-state index >= 15 is 0 Å². The molecule has 180 valence electrons. The van der Waals surface area contributed by atoms with Gasteiger partial charge in [0.05, 0.1) is 6.54 Å². The molecule has 0 saturated carbocycles. The smallest absolute Gasteiger partial charge is 0.227 e. The van der Waals surface area contributed by atoms with Crippen molar-refractivity contribution < 1.29 is 9.53 Å². The lowest BCUT2D eigenvalue weighted by Gasteiger charge is -2.25. The third kappa shape index (κ3) is 5.37. The van der Waals surface area contributed by atoms with Gasteiger partial charge in [0.15, 0.2) is 0 Å². The Morgan fingerprint density at radius 2 is 1.91 bits per heavy atom. The van der Waals surface area contributed by atoms with Crippen LogP contribution >= 0.6 is 0 Å². The molecule has 1 atom stereocenters. The Kier molecular flexibility index (Phi) is 6.29. The van der Waals surface area contributed by atoms with Crippen LogP contribution < -0.4 is 15.4 Å². The number of anilines is 1. The first-order valence-electron chi connectivity index (χ1n) is 12.3. The number of nitrogens with zero attached hydrogens (tertiary/aromatic N) is 2. The van der Waals surface area contributed by atoms with Gasteiger partial charge in [-0.2, -0.15) is 0 Å². The number of aryl methyl sites for hydroxylation is 1. The van der Waals surface area contributed by atoms with Crippen LogP contribution in [0.15, 0.2) is 65.8 Å². The average Bonchev–Trinajstić information content (AvgIpc) is 3.39. The molecule has 2 heterocycles. The van der Waals surface area contributed by atoms with Gasteiger partial charge in [0.25, 0.3) is 0 Å². The zero-order valence-electron chi connectivity index (χ0n) is 20.6. The molecule has 0 spiro atoms. The number of aliphatic imine (C=N–C) groups is 1. The highest BCUT2D eigenvalue weighted by molar-refractivity contribution is 5.98. The Hall–Kier alpha value is -3.67. The highest BCUT2D eigenvalue weighted by Crippen LogP contribution is 2.32. The van der Waals surface area contributed by atoms with E-state index in [1.807, 2.05) is 30.3 Å². The Bertz CT molecular complexity index is 1280. The van der Waals surface area contributed by atoms with Crippen molar-refractivity contribution in [3.63, 3.8) is 0 Å². The summed E-state index contributed by atoms with van der Waals surface area (Å²) in [6.45, 7) is 8.14. The lowest BCUT2D eigenvalue weighted by molar-refractivity contribution is -0.120. The minimum absolute atomic E-state index is 0.0393. The maximum Gasteiger partial charge on any atom is 0.227 e. The molecule has 1 aliphatic heterocycles. The van der Waals surface area contributed by atoms with Crippen molar-refractivity contribution in [2.24, 2.45) is 10.9 Å². The normalized spacial score (nSPS) is 17.2. The molecule has 0 unspecified atom stereocenters. The Morgan fingerprint density at radius 1 is 1.06 bits per heavy atom. The van der Waals surface area contributed by atoms with E-state index in [0.29, 0.717) is 6.42 Å². The van der Waals surface area contributed by atoms with Crippen molar-refractivity contribution in [3.8, 4) is 11.5 Å². The van der Waals surface area contributed by atoms with Gasteiger partial charge in [-0.1, -0.05) is 39.0 Å². The molecule has 1 aromatic heterocycles. The number of amides is 1. The predicted molar refractivity (Wildman–Crippen MR) is 139 cm³/mol. The molecule has 2 aliphatic rings. The first-order chi connectivity index (χ1) is 16.8. The van der Waals surface area contributed by atoms with E-state index in [9.17, 15) is 4.79 Å². The summed E-state index contributed by atoms with van der Waals surface area (Å²) in [5, 5.41) is 6.39. The Morgan fingerprint density at radius 3 is 2.71 bits per heavy atom. The van der Waals surface area contributed by atoms with Crippen LogP contribution in [0.5, 0.6) is 11.5 Å². The van der Waals surface area contributed by atoms with E-state index in [0.717, 1.165) is 54.6 Å². The highest BCUT2D eigenvalue weighted by Gasteiger charge is 2.25. The van der Waals surface area contributed by atoms with Crippen LogP contribution in [0.3, 0.4) is 0 Å². The van der Waals surface area contributed by atoms with Crippen LogP contribution in [0.1, 0.15) is 49.6 Å². The zero-order chi connectivity index (χ0) is 24.4. The maximum atomic E-state index is 13.1. The minimum Gasteiger partial charge on any atom is -0.457 e. The highest BCUT2D eigenvalue weighted by atomic mass is 16.5. The number of fused-ring (bicyclic) bond motifs is 1. The maximum absolute atomic E-state index is 13.1. The molecule has 1 amide bonds. The second-order valence-electron chi connectivity index (χ2n) is 10.3. The number of benzene rings is 2. The van der Waals surface area contributed by atoms with E-state index in [1.165, 1.54) is 16.7 Å². The van der Waals surface area contributed by atoms with Crippen molar-refractivity contribution in [3.05, 3.63) is 83.2 Å². The third-order valence-corrected chi connectivity index (χ3v) is 6.66. The molecule has 0 radical (unpaired) electrons. The standard InChI is InChI=1S/C29H32N4O2/c1-29(2,3)22-5-4-6-23(17-22)33-28(34)20-8-7-19-9-10-24(16-21(19)15-20)35-25-11-12-30-26(18-25)27-31-13-14-32-27/h4-6,9-12,16-18,20H,7-8,13-15H2,1-3H3,(H,31,32)(H,33,34)/t20-/m1/s1. The molecule has 2 N–H and O–H groups in total. The topological polar surface area (TPSA) is 75.6 Å². The molecular weight excluding hydrogens is 436 g/mol. The first-order valence-corrected chi connectivity index (χ1v) is 12.3. The molecule has 2 aromatic carbocycles. The third-order valence-electron chi connectivity index (χ3n) is 6.66. The molecular formula is C29H32N4O2. The summed E-state index contributed by atoms with van der Waals surface area (Å²) in [5.41, 5.74) is 5.36. The molecule has 1 aliphatic carbocycles. The second kappa shape index (κ2) is 9.53. The number of hydrogen-bond acceptors (Lipinski definition) is 5. The number of ether oxygens (including phenoxy) is 1. The van der Waals surface area contributed by atoms with Crippen molar-refractivity contribution in [1.82, 2.24) is 10.3 Å².